The molecule has 32 heavy (non-hydrogen) atoms. The molecule has 0 saturated carbocycles. The van der Waals surface area contributed by atoms with Crippen LogP contribution < -0.4 is 10.2 Å². The number of imide groups is 1. The molecule has 2 bridgehead atoms. The van der Waals surface area contributed by atoms with Crippen LogP contribution >= 0.6 is 11.6 Å². The predicted octanol–water partition coefficient (Wildman–Crippen LogP) is 4.70. The summed E-state index contributed by atoms with van der Waals surface area (Å²) in [6.07, 6.45) is 0. The molecule has 1 N–H and O–H groups in total. The van der Waals surface area contributed by atoms with E-state index in [1.807, 2.05) is 24.3 Å². The molecule has 1 saturated heterocycles. The highest BCUT2D eigenvalue weighted by atomic mass is 35.5. The van der Waals surface area contributed by atoms with Crippen molar-refractivity contribution >= 4 is 40.7 Å². The highest BCUT2D eigenvalue weighted by Crippen LogP contribution is 2.61. The highest BCUT2D eigenvalue weighted by molar-refractivity contribution is 6.34. The quantitative estimate of drug-likeness (QED) is 0.585. The van der Waals surface area contributed by atoms with Crippen LogP contribution in [-0.2, 0) is 14.4 Å². The predicted molar refractivity (Wildman–Crippen MR) is 122 cm³/mol. The van der Waals surface area contributed by atoms with Gasteiger partial charge in [-0.15, -0.1) is 0 Å². The zero-order chi connectivity index (χ0) is 22.1. The third-order valence-electron chi connectivity index (χ3n) is 6.97. The Morgan fingerprint density at radius 1 is 0.812 bits per heavy atom. The summed E-state index contributed by atoms with van der Waals surface area (Å²) in [6, 6.07) is 21.2. The summed E-state index contributed by atoms with van der Waals surface area (Å²) in [7, 11) is 0. The van der Waals surface area contributed by atoms with Crippen molar-refractivity contribution in [1.29, 1.82) is 0 Å². The molecule has 4 aliphatic rings. The molecule has 3 aromatic rings. The van der Waals surface area contributed by atoms with Gasteiger partial charge >= 0.3 is 0 Å². The topological polar surface area (TPSA) is 66.5 Å². The van der Waals surface area contributed by atoms with Gasteiger partial charge in [-0.2, -0.15) is 0 Å². The van der Waals surface area contributed by atoms with E-state index in [9.17, 15) is 14.4 Å². The van der Waals surface area contributed by atoms with E-state index in [2.05, 4.69) is 29.6 Å². The van der Waals surface area contributed by atoms with E-state index in [0.29, 0.717) is 11.4 Å². The summed E-state index contributed by atoms with van der Waals surface area (Å²) in [4.78, 5) is 40.1. The van der Waals surface area contributed by atoms with Crippen LogP contribution in [-0.4, -0.2) is 17.7 Å². The average Bonchev–Trinajstić information content (AvgIpc) is 3.06. The molecule has 0 unspecified atom stereocenters. The summed E-state index contributed by atoms with van der Waals surface area (Å²) < 4.78 is 0. The van der Waals surface area contributed by atoms with Gasteiger partial charge in [0.2, 0.25) is 17.7 Å². The van der Waals surface area contributed by atoms with Crippen molar-refractivity contribution in [3.63, 3.8) is 0 Å². The Balaban J connectivity index is 1.48. The molecule has 3 aliphatic carbocycles. The number of benzene rings is 3. The van der Waals surface area contributed by atoms with Crippen LogP contribution in [0, 0.1) is 11.8 Å². The van der Waals surface area contributed by atoms with Crippen LogP contribution in [0.4, 0.5) is 11.4 Å². The Morgan fingerprint density at radius 3 is 1.69 bits per heavy atom. The van der Waals surface area contributed by atoms with Crippen molar-refractivity contribution in [3.8, 4) is 0 Å². The van der Waals surface area contributed by atoms with E-state index in [-0.39, 0.29) is 34.6 Å². The number of rotatable bonds is 2. The number of anilines is 2. The summed E-state index contributed by atoms with van der Waals surface area (Å²) in [5, 5.41) is 2.93. The van der Waals surface area contributed by atoms with Crippen LogP contribution in [0.3, 0.4) is 0 Å². The lowest BCUT2D eigenvalue weighted by Gasteiger charge is -2.45. The lowest BCUT2D eigenvalue weighted by atomic mass is 9.55. The van der Waals surface area contributed by atoms with E-state index in [1.54, 1.807) is 18.2 Å². The number of carbonyl (C=O) groups is 3. The van der Waals surface area contributed by atoms with Gasteiger partial charge in [0.1, 0.15) is 0 Å². The second-order valence-electron chi connectivity index (χ2n) is 8.62. The molecule has 2 atom stereocenters. The number of nitrogens with zero attached hydrogens (tertiary/aromatic N) is 1. The van der Waals surface area contributed by atoms with Gasteiger partial charge in [-0.05, 0) is 40.5 Å². The molecule has 5 nitrogen and oxygen atoms in total. The largest absolute Gasteiger partial charge is 0.325 e. The van der Waals surface area contributed by atoms with Crippen molar-refractivity contribution in [2.45, 2.75) is 18.8 Å². The Kier molecular flexibility index (Phi) is 4.08. The zero-order valence-corrected chi connectivity index (χ0v) is 18.0. The normalized spacial score (nSPS) is 24.8. The lowest BCUT2D eigenvalue weighted by Crippen LogP contribution is -2.41. The van der Waals surface area contributed by atoms with Gasteiger partial charge < -0.3 is 5.32 Å². The first-order chi connectivity index (χ1) is 15.5. The number of carbonyl (C=O) groups excluding carboxylic acids is 3. The third-order valence-corrected chi connectivity index (χ3v) is 7.28. The number of amides is 3. The Hall–Kier alpha value is -3.44. The fourth-order valence-electron chi connectivity index (χ4n) is 5.87. The van der Waals surface area contributed by atoms with E-state index >= 15 is 0 Å². The maximum absolute atomic E-state index is 13.7. The first-order valence-electron chi connectivity index (χ1n) is 10.6. The second kappa shape index (κ2) is 6.78. The number of halogens is 1. The molecule has 0 radical (unpaired) electrons. The van der Waals surface area contributed by atoms with E-state index < -0.39 is 11.8 Å². The summed E-state index contributed by atoms with van der Waals surface area (Å²) in [5.41, 5.74) is 5.43. The first kappa shape index (κ1) is 19.3. The molecular weight excluding hydrogens is 424 g/mol. The fourth-order valence-corrected chi connectivity index (χ4v) is 6.09. The molecule has 0 aromatic heterocycles. The van der Waals surface area contributed by atoms with Crippen molar-refractivity contribution in [2.24, 2.45) is 11.8 Å². The van der Waals surface area contributed by atoms with E-state index in [0.717, 1.165) is 22.3 Å². The molecule has 3 aromatic carbocycles. The fraction of sp³-hybridized carbons (Fsp3) is 0.192. The average molecular weight is 443 g/mol. The Bertz CT molecular complexity index is 1220. The second-order valence-corrected chi connectivity index (χ2v) is 9.03. The molecule has 158 valence electrons. The van der Waals surface area contributed by atoms with E-state index in [4.69, 9.17) is 11.6 Å². The molecule has 0 spiro atoms. The molecular formula is C26H19ClN2O3. The molecule has 1 aliphatic heterocycles. The highest BCUT2D eigenvalue weighted by Gasteiger charge is 2.61. The van der Waals surface area contributed by atoms with Crippen LogP contribution in [0.15, 0.2) is 66.7 Å². The van der Waals surface area contributed by atoms with Gasteiger partial charge in [0.25, 0.3) is 0 Å². The van der Waals surface area contributed by atoms with Crippen molar-refractivity contribution < 1.29 is 14.4 Å². The van der Waals surface area contributed by atoms with Crippen molar-refractivity contribution in [3.05, 3.63) is 94.0 Å². The SMILES string of the molecule is CC(=O)Nc1ccc(N2C(=O)[C@@H]3C4c5ccccc5C(c5ccccc54)[C@@H]3C2=O)cc1Cl. The van der Waals surface area contributed by atoms with Gasteiger partial charge in [0.15, 0.2) is 0 Å². The van der Waals surface area contributed by atoms with Crippen molar-refractivity contribution in [1.82, 2.24) is 0 Å². The standard InChI is InChI=1S/C26H19ClN2O3/c1-13(30)28-20-11-10-14(12-19(20)27)29-25(31)23-21-15-6-2-3-7-16(15)22(24(23)26(29)32)18-9-5-4-8-17(18)21/h2-12,21-24H,1H3,(H,28,30)/t21?,22?,23-,24+. The lowest BCUT2D eigenvalue weighted by molar-refractivity contribution is -0.122. The van der Waals surface area contributed by atoms with Gasteiger partial charge in [-0.25, -0.2) is 4.90 Å². The minimum absolute atomic E-state index is 0.145. The number of hydrogen-bond acceptors (Lipinski definition) is 3. The number of nitrogens with one attached hydrogen (secondary N) is 1. The van der Waals surface area contributed by atoms with Crippen LogP contribution in [0.2, 0.25) is 5.02 Å². The van der Waals surface area contributed by atoms with Gasteiger partial charge in [0, 0.05) is 18.8 Å². The molecule has 3 amide bonds. The third kappa shape index (κ3) is 2.49. The maximum atomic E-state index is 13.7. The first-order valence-corrected chi connectivity index (χ1v) is 11.0. The zero-order valence-electron chi connectivity index (χ0n) is 17.2. The summed E-state index contributed by atoms with van der Waals surface area (Å²) in [5.74, 6) is -1.80. The molecule has 1 fully saturated rings. The van der Waals surface area contributed by atoms with Crippen LogP contribution in [0.5, 0.6) is 0 Å². The van der Waals surface area contributed by atoms with E-state index in [1.165, 1.54) is 11.8 Å². The number of hydrogen-bond donors (Lipinski definition) is 1. The minimum Gasteiger partial charge on any atom is -0.325 e. The minimum atomic E-state index is -0.439. The van der Waals surface area contributed by atoms with Crippen molar-refractivity contribution in [2.75, 3.05) is 10.2 Å². The molecule has 6 heteroatoms. The van der Waals surface area contributed by atoms with Gasteiger partial charge in [-0.3, -0.25) is 14.4 Å². The Morgan fingerprint density at radius 2 is 1.28 bits per heavy atom. The van der Waals surface area contributed by atoms with Gasteiger partial charge in [0.05, 0.1) is 28.2 Å². The van der Waals surface area contributed by atoms with Gasteiger partial charge in [-0.1, -0.05) is 60.1 Å². The van der Waals surface area contributed by atoms with Crippen LogP contribution in [0.25, 0.3) is 0 Å². The molecule has 1 heterocycles. The smallest absolute Gasteiger partial charge is 0.238 e. The van der Waals surface area contributed by atoms with Crippen LogP contribution in [0.1, 0.15) is 41.0 Å². The maximum Gasteiger partial charge on any atom is 0.238 e. The summed E-state index contributed by atoms with van der Waals surface area (Å²) >= 11 is 6.35. The summed E-state index contributed by atoms with van der Waals surface area (Å²) in [6.45, 7) is 1.40. The molecule has 7 rings (SSSR count). The Labute approximate surface area is 190 Å². The monoisotopic (exact) mass is 442 g/mol.